The zero-order valence-electron chi connectivity index (χ0n) is 20.0. The van der Waals surface area contributed by atoms with Crippen LogP contribution in [-0.2, 0) is 17.4 Å². The van der Waals surface area contributed by atoms with Gasteiger partial charge in [0.15, 0.2) is 0 Å². The molecule has 36 heavy (non-hydrogen) atoms. The van der Waals surface area contributed by atoms with Crippen LogP contribution in [0.25, 0.3) is 6.08 Å². The van der Waals surface area contributed by atoms with E-state index >= 15 is 0 Å². The van der Waals surface area contributed by atoms with Crippen molar-refractivity contribution in [2.75, 3.05) is 11.9 Å². The molecule has 0 spiro atoms. The number of rotatable bonds is 7. The van der Waals surface area contributed by atoms with Gasteiger partial charge in [0.25, 0.3) is 5.91 Å². The fourth-order valence-electron chi connectivity index (χ4n) is 3.83. The maximum absolute atomic E-state index is 13.0. The fraction of sp³-hybridized carbons (Fsp3) is 0.214. The van der Waals surface area contributed by atoms with Crippen LogP contribution in [0.15, 0.2) is 60.2 Å². The summed E-state index contributed by atoms with van der Waals surface area (Å²) in [6.45, 7) is 6.25. The monoisotopic (exact) mass is 512 g/mol. The molecule has 0 aliphatic rings. The van der Waals surface area contributed by atoms with Gasteiger partial charge in [-0.15, -0.1) is 0 Å². The molecule has 0 saturated heterocycles. The zero-order valence-corrected chi connectivity index (χ0v) is 20.7. The molecule has 3 rings (SSSR count). The molecule has 0 aliphatic carbocycles. The molecule has 0 unspecified atom stereocenters. The number of aryl methyl sites for hydroxylation is 2. The third kappa shape index (κ3) is 6.89. The highest BCUT2D eigenvalue weighted by Crippen LogP contribution is 2.33. The number of nitrogens with zero attached hydrogens (tertiary/aromatic N) is 1. The van der Waals surface area contributed by atoms with Gasteiger partial charge in [0.1, 0.15) is 17.4 Å². The molecule has 4 nitrogen and oxygen atoms in total. The first-order valence-corrected chi connectivity index (χ1v) is 11.5. The molecular formula is C28H24ClF3N2O2. The molecule has 0 aromatic heterocycles. The first kappa shape index (κ1) is 26.8. The van der Waals surface area contributed by atoms with Crippen molar-refractivity contribution >= 4 is 29.3 Å². The number of halogens is 4. The van der Waals surface area contributed by atoms with Crippen LogP contribution >= 0.6 is 11.6 Å². The highest BCUT2D eigenvalue weighted by atomic mass is 35.5. The lowest BCUT2D eigenvalue weighted by atomic mass is 9.98. The van der Waals surface area contributed by atoms with Gasteiger partial charge in [-0.05, 0) is 68.3 Å². The van der Waals surface area contributed by atoms with Gasteiger partial charge < -0.3 is 10.1 Å². The maximum atomic E-state index is 13.0. The number of hydrogen-bond donors (Lipinski definition) is 1. The summed E-state index contributed by atoms with van der Waals surface area (Å²) >= 11 is 6.60. The molecule has 0 radical (unpaired) electrons. The smallest absolute Gasteiger partial charge is 0.416 e. The summed E-state index contributed by atoms with van der Waals surface area (Å²) in [6.07, 6.45) is -2.71. The molecule has 0 aliphatic heterocycles. The van der Waals surface area contributed by atoms with Gasteiger partial charge in [0.2, 0.25) is 0 Å². The van der Waals surface area contributed by atoms with Crippen molar-refractivity contribution in [2.45, 2.75) is 33.4 Å². The number of amides is 1. The number of carbonyl (C=O) groups is 1. The largest absolute Gasteiger partial charge is 0.494 e. The number of nitriles is 1. The second-order valence-corrected chi connectivity index (χ2v) is 8.69. The Kier molecular flexibility index (Phi) is 8.44. The van der Waals surface area contributed by atoms with E-state index in [9.17, 15) is 23.2 Å². The molecule has 1 N–H and O–H groups in total. The van der Waals surface area contributed by atoms with Gasteiger partial charge >= 0.3 is 6.18 Å². The summed E-state index contributed by atoms with van der Waals surface area (Å²) in [5.41, 5.74) is 3.26. The molecule has 0 saturated carbocycles. The number of anilines is 1. The second kappa shape index (κ2) is 11.3. The van der Waals surface area contributed by atoms with Crippen molar-refractivity contribution < 1.29 is 22.7 Å². The fourth-order valence-corrected chi connectivity index (χ4v) is 4.12. The normalized spacial score (nSPS) is 11.7. The van der Waals surface area contributed by atoms with Gasteiger partial charge in [-0.25, -0.2) is 0 Å². The predicted molar refractivity (Wildman–Crippen MR) is 135 cm³/mol. The summed E-state index contributed by atoms with van der Waals surface area (Å²) in [6, 6.07) is 15.5. The van der Waals surface area contributed by atoms with Crippen molar-refractivity contribution in [3.63, 3.8) is 0 Å². The lowest BCUT2D eigenvalue weighted by Gasteiger charge is -2.15. The van der Waals surface area contributed by atoms with Crippen molar-refractivity contribution in [3.05, 3.63) is 98.6 Å². The SMILES string of the molecule is CCOc1cc(/C=C(\C#N)C(=O)Nc2cccc(C(F)(F)F)c2)cc(Cl)c1Cc1cc(C)cc(C)c1. The Balaban J connectivity index is 1.91. The van der Waals surface area contributed by atoms with E-state index in [0.29, 0.717) is 29.4 Å². The van der Waals surface area contributed by atoms with E-state index in [4.69, 9.17) is 16.3 Å². The average Bonchev–Trinajstić information content (AvgIpc) is 2.79. The minimum atomic E-state index is -4.56. The first-order chi connectivity index (χ1) is 17.0. The number of nitrogens with one attached hydrogen (secondary N) is 1. The van der Waals surface area contributed by atoms with Gasteiger partial charge in [-0.3, -0.25) is 4.79 Å². The van der Waals surface area contributed by atoms with Crippen LogP contribution in [0, 0.1) is 25.2 Å². The standard InChI is InChI=1S/C28H24ClF3N2O2/c1-4-36-26-14-20(13-25(29)24(26)12-19-9-17(2)8-18(3)10-19)11-21(16-33)27(35)34-23-7-5-6-22(15-23)28(30,31)32/h5-11,13-15H,4,12H2,1-3H3,(H,34,35)/b21-11+. The number of hydrogen-bond acceptors (Lipinski definition) is 3. The maximum Gasteiger partial charge on any atom is 0.416 e. The van der Waals surface area contributed by atoms with Gasteiger partial charge in [0.05, 0.1) is 12.2 Å². The Labute approximate surface area is 213 Å². The van der Waals surface area contributed by atoms with E-state index in [0.717, 1.165) is 34.4 Å². The summed E-state index contributed by atoms with van der Waals surface area (Å²) < 4.78 is 44.7. The highest BCUT2D eigenvalue weighted by molar-refractivity contribution is 6.31. The molecule has 1 amide bonds. The molecule has 3 aromatic carbocycles. The third-order valence-electron chi connectivity index (χ3n) is 5.26. The van der Waals surface area contributed by atoms with E-state index in [2.05, 4.69) is 23.5 Å². The lowest BCUT2D eigenvalue weighted by Crippen LogP contribution is -2.14. The topological polar surface area (TPSA) is 62.1 Å². The van der Waals surface area contributed by atoms with E-state index in [1.807, 2.05) is 20.8 Å². The Hall–Kier alpha value is -3.76. The molecule has 0 bridgehead atoms. The molecule has 0 heterocycles. The number of carbonyl (C=O) groups excluding carboxylic acids is 1. The van der Waals surface area contributed by atoms with Gasteiger partial charge in [-0.1, -0.05) is 47.0 Å². The van der Waals surface area contributed by atoms with Crippen molar-refractivity contribution in [1.82, 2.24) is 0 Å². The second-order valence-electron chi connectivity index (χ2n) is 8.29. The molecular weight excluding hydrogens is 489 g/mol. The Morgan fingerprint density at radius 1 is 1.11 bits per heavy atom. The van der Waals surface area contributed by atoms with Crippen molar-refractivity contribution in [3.8, 4) is 11.8 Å². The van der Waals surface area contributed by atoms with E-state index in [-0.39, 0.29) is 11.3 Å². The van der Waals surface area contributed by atoms with E-state index < -0.39 is 17.6 Å². The van der Waals surface area contributed by atoms with Crippen LogP contribution < -0.4 is 10.1 Å². The van der Waals surface area contributed by atoms with E-state index in [1.165, 1.54) is 18.2 Å². The summed E-state index contributed by atoms with van der Waals surface area (Å²) in [7, 11) is 0. The van der Waals surface area contributed by atoms with E-state index in [1.54, 1.807) is 18.2 Å². The molecule has 0 atom stereocenters. The molecule has 0 fully saturated rings. The van der Waals surface area contributed by atoms with Crippen LogP contribution in [0.4, 0.5) is 18.9 Å². The summed E-state index contributed by atoms with van der Waals surface area (Å²) in [5.74, 6) is -0.323. The minimum Gasteiger partial charge on any atom is -0.494 e. The Morgan fingerprint density at radius 2 is 1.81 bits per heavy atom. The summed E-state index contributed by atoms with van der Waals surface area (Å²) in [5, 5.41) is 12.3. The first-order valence-electron chi connectivity index (χ1n) is 11.1. The highest BCUT2D eigenvalue weighted by Gasteiger charge is 2.30. The van der Waals surface area contributed by atoms with Crippen LogP contribution in [-0.4, -0.2) is 12.5 Å². The lowest BCUT2D eigenvalue weighted by molar-refractivity contribution is -0.137. The number of benzene rings is 3. The van der Waals surface area contributed by atoms with Crippen LogP contribution in [0.2, 0.25) is 5.02 Å². The number of alkyl halides is 3. The van der Waals surface area contributed by atoms with Gasteiger partial charge in [0, 0.05) is 22.7 Å². The van der Waals surface area contributed by atoms with Crippen LogP contribution in [0.3, 0.4) is 0 Å². The Morgan fingerprint density at radius 3 is 2.42 bits per heavy atom. The molecule has 186 valence electrons. The van der Waals surface area contributed by atoms with Crippen LogP contribution in [0.1, 0.15) is 40.3 Å². The van der Waals surface area contributed by atoms with Crippen molar-refractivity contribution in [1.29, 1.82) is 5.26 Å². The molecule has 8 heteroatoms. The third-order valence-corrected chi connectivity index (χ3v) is 5.60. The minimum absolute atomic E-state index is 0.0761. The summed E-state index contributed by atoms with van der Waals surface area (Å²) in [4.78, 5) is 12.6. The zero-order chi connectivity index (χ0) is 26.5. The van der Waals surface area contributed by atoms with Crippen LogP contribution in [0.5, 0.6) is 5.75 Å². The molecule has 3 aromatic rings. The predicted octanol–water partition coefficient (Wildman–Crippen LogP) is 7.51. The number of ether oxygens (including phenoxy) is 1. The Bertz CT molecular complexity index is 1340. The van der Waals surface area contributed by atoms with Crippen molar-refractivity contribution in [2.24, 2.45) is 0 Å². The quantitative estimate of drug-likeness (QED) is 0.263. The average molecular weight is 513 g/mol. The van der Waals surface area contributed by atoms with Gasteiger partial charge in [-0.2, -0.15) is 18.4 Å².